The fourth-order valence-corrected chi connectivity index (χ4v) is 2.01. The molecule has 1 rings (SSSR count). The van der Waals surface area contributed by atoms with Crippen molar-refractivity contribution in [3.8, 4) is 0 Å². The highest BCUT2D eigenvalue weighted by Gasteiger charge is 2.28. The predicted octanol–water partition coefficient (Wildman–Crippen LogP) is 0.442. The van der Waals surface area contributed by atoms with Crippen molar-refractivity contribution in [3.63, 3.8) is 0 Å². The molecule has 1 heterocycles. The highest BCUT2D eigenvalue weighted by atomic mass is 16.5. The van der Waals surface area contributed by atoms with Gasteiger partial charge in [-0.05, 0) is 31.7 Å². The fourth-order valence-electron chi connectivity index (χ4n) is 2.01. The molecule has 17 heavy (non-hydrogen) atoms. The second-order valence-electron chi connectivity index (χ2n) is 4.86. The van der Waals surface area contributed by atoms with Gasteiger partial charge in [0, 0.05) is 0 Å². The Morgan fingerprint density at radius 3 is 2.65 bits per heavy atom. The minimum absolute atomic E-state index is 0.0986. The molecule has 5 heteroatoms. The molecular weight excluding hydrogens is 220 g/mol. The van der Waals surface area contributed by atoms with Crippen LogP contribution in [0.2, 0.25) is 0 Å². The molecule has 2 N–H and O–H groups in total. The Morgan fingerprint density at radius 2 is 2.18 bits per heavy atom. The van der Waals surface area contributed by atoms with E-state index in [1.807, 2.05) is 13.8 Å². The lowest BCUT2D eigenvalue weighted by Crippen LogP contribution is -2.49. The van der Waals surface area contributed by atoms with Gasteiger partial charge in [0.1, 0.15) is 6.04 Å². The average Bonchev–Trinajstić information content (AvgIpc) is 2.79. The summed E-state index contributed by atoms with van der Waals surface area (Å²) in [6.07, 6.45) is 2.44. The normalized spacial score (nSPS) is 21.3. The zero-order valence-electron chi connectivity index (χ0n) is 10.8. The lowest BCUT2D eigenvalue weighted by molar-refractivity contribution is -0.145. The maximum atomic E-state index is 11.9. The Balaban J connectivity index is 2.52. The lowest BCUT2D eigenvalue weighted by atomic mass is 10.0. The Hall–Kier alpha value is -1.10. The van der Waals surface area contributed by atoms with Crippen LogP contribution in [0, 0.1) is 5.92 Å². The van der Waals surface area contributed by atoms with Crippen LogP contribution in [0.15, 0.2) is 0 Å². The van der Waals surface area contributed by atoms with Crippen molar-refractivity contribution in [1.29, 1.82) is 0 Å². The predicted molar refractivity (Wildman–Crippen MR) is 64.4 cm³/mol. The SMILES string of the molecule is COC(=O)[C@H](CC(C)C)NC(=O)C1CCCN1. The van der Waals surface area contributed by atoms with Crippen molar-refractivity contribution in [3.05, 3.63) is 0 Å². The largest absolute Gasteiger partial charge is 0.467 e. The third-order valence-corrected chi connectivity index (χ3v) is 2.89. The van der Waals surface area contributed by atoms with Gasteiger partial charge in [-0.25, -0.2) is 4.79 Å². The number of rotatable bonds is 5. The van der Waals surface area contributed by atoms with E-state index in [0.717, 1.165) is 19.4 Å². The van der Waals surface area contributed by atoms with Crippen molar-refractivity contribution in [2.45, 2.75) is 45.2 Å². The van der Waals surface area contributed by atoms with Crippen molar-refractivity contribution in [2.24, 2.45) is 5.92 Å². The highest BCUT2D eigenvalue weighted by molar-refractivity contribution is 5.87. The number of hydrogen-bond acceptors (Lipinski definition) is 4. The molecule has 0 bridgehead atoms. The monoisotopic (exact) mass is 242 g/mol. The number of nitrogens with one attached hydrogen (secondary N) is 2. The number of hydrogen-bond donors (Lipinski definition) is 2. The Labute approximate surface area is 102 Å². The van der Waals surface area contributed by atoms with Gasteiger partial charge in [0.05, 0.1) is 13.2 Å². The Bertz CT molecular complexity index is 273. The van der Waals surface area contributed by atoms with Crippen LogP contribution in [0.5, 0.6) is 0 Å². The summed E-state index contributed by atoms with van der Waals surface area (Å²) in [7, 11) is 1.34. The van der Waals surface area contributed by atoms with Crippen molar-refractivity contribution in [2.75, 3.05) is 13.7 Å². The molecule has 0 aliphatic carbocycles. The molecule has 0 saturated carbocycles. The molecule has 1 unspecified atom stereocenters. The zero-order valence-corrected chi connectivity index (χ0v) is 10.8. The summed E-state index contributed by atoms with van der Waals surface area (Å²) >= 11 is 0. The summed E-state index contributed by atoms with van der Waals surface area (Å²) in [5.41, 5.74) is 0. The van der Waals surface area contributed by atoms with Crippen LogP contribution in [0.3, 0.4) is 0 Å². The molecule has 1 aliphatic heterocycles. The minimum atomic E-state index is -0.533. The molecule has 2 atom stereocenters. The van der Waals surface area contributed by atoms with E-state index in [9.17, 15) is 9.59 Å². The standard InChI is InChI=1S/C12H22N2O3/c1-8(2)7-10(12(16)17-3)14-11(15)9-5-4-6-13-9/h8-10,13H,4-7H2,1-3H3,(H,14,15)/t9?,10-/m0/s1. The molecule has 98 valence electrons. The van der Waals surface area contributed by atoms with Gasteiger partial charge in [-0.15, -0.1) is 0 Å². The highest BCUT2D eigenvalue weighted by Crippen LogP contribution is 2.09. The molecule has 1 fully saturated rings. The van der Waals surface area contributed by atoms with Gasteiger partial charge in [0.25, 0.3) is 0 Å². The minimum Gasteiger partial charge on any atom is -0.467 e. The third-order valence-electron chi connectivity index (χ3n) is 2.89. The van der Waals surface area contributed by atoms with E-state index in [1.54, 1.807) is 0 Å². The van der Waals surface area contributed by atoms with E-state index < -0.39 is 6.04 Å². The van der Waals surface area contributed by atoms with Crippen LogP contribution < -0.4 is 10.6 Å². The van der Waals surface area contributed by atoms with Crippen LogP contribution in [-0.4, -0.2) is 37.6 Å². The van der Waals surface area contributed by atoms with Gasteiger partial charge in [0.15, 0.2) is 0 Å². The Morgan fingerprint density at radius 1 is 1.47 bits per heavy atom. The quantitative estimate of drug-likeness (QED) is 0.687. The molecule has 0 radical (unpaired) electrons. The Kier molecular flexibility index (Phi) is 5.41. The first-order valence-electron chi connectivity index (χ1n) is 6.16. The van der Waals surface area contributed by atoms with Gasteiger partial charge >= 0.3 is 5.97 Å². The topological polar surface area (TPSA) is 67.4 Å². The van der Waals surface area contributed by atoms with E-state index in [4.69, 9.17) is 4.74 Å². The number of methoxy groups -OCH3 is 1. The molecule has 0 aromatic rings. The van der Waals surface area contributed by atoms with Crippen LogP contribution in [0.4, 0.5) is 0 Å². The fraction of sp³-hybridized carbons (Fsp3) is 0.833. The van der Waals surface area contributed by atoms with Gasteiger partial charge in [-0.2, -0.15) is 0 Å². The molecule has 0 aromatic heterocycles. The van der Waals surface area contributed by atoms with Crippen LogP contribution in [0.25, 0.3) is 0 Å². The van der Waals surface area contributed by atoms with Crippen molar-refractivity contribution >= 4 is 11.9 Å². The second kappa shape index (κ2) is 6.59. The van der Waals surface area contributed by atoms with Crippen LogP contribution >= 0.6 is 0 Å². The van der Waals surface area contributed by atoms with Crippen LogP contribution in [0.1, 0.15) is 33.1 Å². The van der Waals surface area contributed by atoms with Crippen LogP contribution in [-0.2, 0) is 14.3 Å². The number of ether oxygens (including phenoxy) is 1. The summed E-state index contributed by atoms with van der Waals surface area (Å²) in [5.74, 6) is -0.139. The first-order valence-corrected chi connectivity index (χ1v) is 6.16. The van der Waals surface area contributed by atoms with E-state index >= 15 is 0 Å². The molecule has 1 aliphatic rings. The second-order valence-corrected chi connectivity index (χ2v) is 4.86. The van der Waals surface area contributed by atoms with E-state index in [2.05, 4.69) is 10.6 Å². The van der Waals surface area contributed by atoms with Crippen molar-refractivity contribution in [1.82, 2.24) is 10.6 Å². The summed E-state index contributed by atoms with van der Waals surface area (Å²) in [5, 5.41) is 5.87. The first kappa shape index (κ1) is 14.0. The first-order chi connectivity index (χ1) is 8.04. The maximum Gasteiger partial charge on any atom is 0.328 e. The maximum absolute atomic E-state index is 11.9. The number of carbonyl (C=O) groups is 2. The number of carbonyl (C=O) groups excluding carboxylic acids is 2. The number of esters is 1. The van der Waals surface area contributed by atoms with Gasteiger partial charge in [-0.3, -0.25) is 4.79 Å². The molecule has 0 spiro atoms. The van der Waals surface area contributed by atoms with E-state index in [-0.39, 0.29) is 17.9 Å². The van der Waals surface area contributed by atoms with Gasteiger partial charge in [0.2, 0.25) is 5.91 Å². The third kappa shape index (κ3) is 4.34. The summed E-state index contributed by atoms with van der Waals surface area (Å²) < 4.78 is 4.70. The molecular formula is C12H22N2O3. The number of amides is 1. The smallest absolute Gasteiger partial charge is 0.328 e. The molecule has 0 aromatic carbocycles. The van der Waals surface area contributed by atoms with E-state index in [0.29, 0.717) is 12.3 Å². The van der Waals surface area contributed by atoms with Gasteiger partial charge in [-0.1, -0.05) is 13.8 Å². The van der Waals surface area contributed by atoms with Crippen molar-refractivity contribution < 1.29 is 14.3 Å². The van der Waals surface area contributed by atoms with E-state index in [1.165, 1.54) is 7.11 Å². The summed E-state index contributed by atoms with van der Waals surface area (Å²) in [6, 6.07) is -0.691. The summed E-state index contributed by atoms with van der Waals surface area (Å²) in [6.45, 7) is 4.89. The molecule has 1 amide bonds. The lowest BCUT2D eigenvalue weighted by Gasteiger charge is -2.20. The average molecular weight is 242 g/mol. The molecule has 1 saturated heterocycles. The van der Waals surface area contributed by atoms with Gasteiger partial charge < -0.3 is 15.4 Å². The zero-order chi connectivity index (χ0) is 12.8. The summed E-state index contributed by atoms with van der Waals surface area (Å²) in [4.78, 5) is 23.4. The molecule has 5 nitrogen and oxygen atoms in total.